The summed E-state index contributed by atoms with van der Waals surface area (Å²) in [6, 6.07) is 12.1. The molecule has 0 unspecified atom stereocenters. The number of benzene rings is 2. The molecule has 0 radical (unpaired) electrons. The number of nitrogens with one attached hydrogen (secondary N) is 2. The summed E-state index contributed by atoms with van der Waals surface area (Å²) in [5.74, 6) is 0.0756. The van der Waals surface area contributed by atoms with E-state index >= 15 is 0 Å². The van der Waals surface area contributed by atoms with Gasteiger partial charge < -0.3 is 15.4 Å². The van der Waals surface area contributed by atoms with Crippen LogP contribution in [0.1, 0.15) is 5.56 Å². The molecule has 0 aliphatic carbocycles. The monoisotopic (exact) mass is 366 g/mol. The van der Waals surface area contributed by atoms with Crippen LogP contribution in [0.4, 0.5) is 5.69 Å². The highest BCUT2D eigenvalue weighted by atomic mass is 35.5. The number of methoxy groups -OCH3 is 1. The van der Waals surface area contributed by atoms with Gasteiger partial charge in [-0.05, 0) is 29.8 Å². The summed E-state index contributed by atoms with van der Waals surface area (Å²) in [6.45, 7) is -0.155. The maximum absolute atomic E-state index is 11.9. The summed E-state index contributed by atoms with van der Waals surface area (Å²) in [4.78, 5) is 23.7. The van der Waals surface area contributed by atoms with Crippen LogP contribution in [0.15, 0.2) is 42.5 Å². The molecule has 0 aliphatic heterocycles. The second-order valence-electron chi connectivity index (χ2n) is 4.95. The molecule has 2 rings (SSSR count). The molecule has 24 heavy (non-hydrogen) atoms. The van der Waals surface area contributed by atoms with Crippen LogP contribution in [-0.4, -0.2) is 25.5 Å². The predicted molar refractivity (Wildman–Crippen MR) is 94.8 cm³/mol. The Bertz CT molecular complexity index is 733. The number of ether oxygens (including phenoxy) is 1. The molecule has 0 aromatic heterocycles. The van der Waals surface area contributed by atoms with Gasteiger partial charge in [-0.25, -0.2) is 0 Å². The van der Waals surface area contributed by atoms with E-state index in [4.69, 9.17) is 27.9 Å². The molecule has 0 aliphatic rings. The molecule has 0 heterocycles. The molecule has 126 valence electrons. The summed E-state index contributed by atoms with van der Waals surface area (Å²) < 4.78 is 5.05. The number of hydrogen-bond donors (Lipinski definition) is 2. The molecule has 0 saturated carbocycles. The predicted octanol–water partition coefficient (Wildman–Crippen LogP) is 3.30. The van der Waals surface area contributed by atoms with Gasteiger partial charge in [-0.1, -0.05) is 41.4 Å². The number of carbonyl (C=O) groups excluding carboxylic acids is 2. The van der Waals surface area contributed by atoms with Gasteiger partial charge in [0.2, 0.25) is 11.8 Å². The van der Waals surface area contributed by atoms with Crippen LogP contribution >= 0.6 is 23.2 Å². The standard InChI is InChI=1S/C17H16Cl2N2O3/c1-24-12-7-5-11(6-8-12)9-15(22)20-10-16(23)21-14-4-2-3-13(18)17(14)19/h2-8H,9-10H2,1H3,(H,20,22)(H,21,23). The lowest BCUT2D eigenvalue weighted by molar-refractivity contribution is -0.123. The fourth-order valence-corrected chi connectivity index (χ4v) is 2.31. The van der Waals surface area contributed by atoms with Crippen molar-refractivity contribution in [1.82, 2.24) is 5.32 Å². The van der Waals surface area contributed by atoms with E-state index in [0.29, 0.717) is 10.7 Å². The molecule has 2 amide bonds. The van der Waals surface area contributed by atoms with Gasteiger partial charge in [0.15, 0.2) is 0 Å². The van der Waals surface area contributed by atoms with Crippen molar-refractivity contribution < 1.29 is 14.3 Å². The molecule has 0 saturated heterocycles. The number of carbonyl (C=O) groups is 2. The zero-order valence-electron chi connectivity index (χ0n) is 12.9. The van der Waals surface area contributed by atoms with Crippen molar-refractivity contribution in [2.45, 2.75) is 6.42 Å². The Morgan fingerprint density at radius 2 is 1.75 bits per heavy atom. The van der Waals surface area contributed by atoms with Crippen molar-refractivity contribution in [3.05, 3.63) is 58.1 Å². The van der Waals surface area contributed by atoms with Gasteiger partial charge in [-0.2, -0.15) is 0 Å². The number of anilines is 1. The summed E-state index contributed by atoms with van der Waals surface area (Å²) in [5.41, 5.74) is 1.23. The summed E-state index contributed by atoms with van der Waals surface area (Å²) >= 11 is 11.9. The zero-order chi connectivity index (χ0) is 17.5. The largest absolute Gasteiger partial charge is 0.497 e. The molecular formula is C17H16Cl2N2O3. The van der Waals surface area contributed by atoms with E-state index in [2.05, 4.69) is 10.6 Å². The van der Waals surface area contributed by atoms with E-state index in [9.17, 15) is 9.59 Å². The molecule has 2 aromatic carbocycles. The molecule has 2 aromatic rings. The van der Waals surface area contributed by atoms with Crippen LogP contribution in [0.5, 0.6) is 5.75 Å². The van der Waals surface area contributed by atoms with Crippen molar-refractivity contribution in [2.75, 3.05) is 19.0 Å². The SMILES string of the molecule is COc1ccc(CC(=O)NCC(=O)Nc2cccc(Cl)c2Cl)cc1. The second kappa shape index (κ2) is 8.57. The van der Waals surface area contributed by atoms with Gasteiger partial charge in [0, 0.05) is 0 Å². The number of hydrogen-bond acceptors (Lipinski definition) is 3. The quantitative estimate of drug-likeness (QED) is 0.823. The lowest BCUT2D eigenvalue weighted by Gasteiger charge is -2.09. The molecule has 0 bridgehead atoms. The fraction of sp³-hybridized carbons (Fsp3) is 0.176. The van der Waals surface area contributed by atoms with Gasteiger partial charge >= 0.3 is 0 Å². The maximum atomic E-state index is 11.9. The summed E-state index contributed by atoms with van der Waals surface area (Å²) in [5, 5.41) is 5.76. The van der Waals surface area contributed by atoms with Crippen molar-refractivity contribution >= 4 is 40.7 Å². The molecule has 0 fully saturated rings. The Morgan fingerprint density at radius 3 is 2.42 bits per heavy atom. The Hall–Kier alpha value is -2.24. The zero-order valence-corrected chi connectivity index (χ0v) is 14.4. The first-order valence-electron chi connectivity index (χ1n) is 7.13. The molecule has 5 nitrogen and oxygen atoms in total. The number of rotatable bonds is 6. The lowest BCUT2D eigenvalue weighted by atomic mass is 10.1. The topological polar surface area (TPSA) is 67.4 Å². The van der Waals surface area contributed by atoms with E-state index < -0.39 is 0 Å². The summed E-state index contributed by atoms with van der Waals surface area (Å²) in [6.07, 6.45) is 0.176. The highest BCUT2D eigenvalue weighted by Gasteiger charge is 2.10. The summed E-state index contributed by atoms with van der Waals surface area (Å²) in [7, 11) is 1.58. The molecule has 2 N–H and O–H groups in total. The number of amides is 2. The lowest BCUT2D eigenvalue weighted by Crippen LogP contribution is -2.33. The van der Waals surface area contributed by atoms with Crippen molar-refractivity contribution in [3.8, 4) is 5.75 Å². The molecule has 0 spiro atoms. The minimum absolute atomic E-state index is 0.155. The van der Waals surface area contributed by atoms with Crippen molar-refractivity contribution in [3.63, 3.8) is 0 Å². The smallest absolute Gasteiger partial charge is 0.243 e. The molecular weight excluding hydrogens is 351 g/mol. The number of halogens is 2. The van der Waals surface area contributed by atoms with Gasteiger partial charge in [0.05, 0.1) is 35.8 Å². The normalized spacial score (nSPS) is 10.1. The first-order chi connectivity index (χ1) is 11.5. The Balaban J connectivity index is 1.82. The van der Waals surface area contributed by atoms with Crippen molar-refractivity contribution in [1.29, 1.82) is 0 Å². The molecule has 0 atom stereocenters. The first-order valence-corrected chi connectivity index (χ1v) is 7.88. The van der Waals surface area contributed by atoms with E-state index in [1.54, 1.807) is 49.6 Å². The molecule has 7 heteroatoms. The second-order valence-corrected chi connectivity index (χ2v) is 5.74. The third kappa shape index (κ3) is 5.15. The van der Waals surface area contributed by atoms with Crippen LogP contribution < -0.4 is 15.4 Å². The van der Waals surface area contributed by atoms with Gasteiger partial charge in [-0.15, -0.1) is 0 Å². The van der Waals surface area contributed by atoms with E-state index in [1.165, 1.54) is 0 Å². The van der Waals surface area contributed by atoms with Crippen LogP contribution in [0.2, 0.25) is 10.0 Å². The fourth-order valence-electron chi connectivity index (χ4n) is 1.96. The average molecular weight is 367 g/mol. The third-order valence-corrected chi connectivity index (χ3v) is 4.01. The van der Waals surface area contributed by atoms with Gasteiger partial charge in [0.25, 0.3) is 0 Å². The van der Waals surface area contributed by atoms with Crippen LogP contribution in [0, 0.1) is 0 Å². The van der Waals surface area contributed by atoms with Gasteiger partial charge in [0.1, 0.15) is 5.75 Å². The van der Waals surface area contributed by atoms with E-state index in [-0.39, 0.29) is 29.8 Å². The average Bonchev–Trinajstić information content (AvgIpc) is 2.58. The van der Waals surface area contributed by atoms with Crippen LogP contribution in [0.25, 0.3) is 0 Å². The van der Waals surface area contributed by atoms with Crippen molar-refractivity contribution in [2.24, 2.45) is 0 Å². The van der Waals surface area contributed by atoms with Crippen LogP contribution in [0.3, 0.4) is 0 Å². The third-order valence-electron chi connectivity index (χ3n) is 3.20. The highest BCUT2D eigenvalue weighted by Crippen LogP contribution is 2.29. The van der Waals surface area contributed by atoms with E-state index in [0.717, 1.165) is 11.3 Å². The Kier molecular flexibility index (Phi) is 6.46. The minimum atomic E-state index is -0.387. The van der Waals surface area contributed by atoms with Crippen LogP contribution in [-0.2, 0) is 16.0 Å². The maximum Gasteiger partial charge on any atom is 0.243 e. The minimum Gasteiger partial charge on any atom is -0.497 e. The highest BCUT2D eigenvalue weighted by molar-refractivity contribution is 6.44. The first kappa shape index (κ1) is 18.1. The van der Waals surface area contributed by atoms with E-state index in [1.807, 2.05) is 0 Å². The van der Waals surface area contributed by atoms with Gasteiger partial charge in [-0.3, -0.25) is 9.59 Å². The Morgan fingerprint density at radius 1 is 1.04 bits per heavy atom. The Labute approximate surface area is 149 Å².